The van der Waals surface area contributed by atoms with Crippen molar-refractivity contribution >= 4 is 5.96 Å². The van der Waals surface area contributed by atoms with Gasteiger partial charge in [-0.3, -0.25) is 9.89 Å². The Morgan fingerprint density at radius 2 is 1.72 bits per heavy atom. The van der Waals surface area contributed by atoms with Gasteiger partial charge in [-0.1, -0.05) is 13.3 Å². The molecule has 0 spiro atoms. The Morgan fingerprint density at radius 1 is 1.00 bits per heavy atom. The minimum absolute atomic E-state index is 0.646. The van der Waals surface area contributed by atoms with Gasteiger partial charge in [0.05, 0.1) is 26.4 Å². The van der Waals surface area contributed by atoms with E-state index in [1.807, 2.05) is 0 Å². The molecule has 0 aromatic carbocycles. The van der Waals surface area contributed by atoms with Gasteiger partial charge in [-0.25, -0.2) is 0 Å². The van der Waals surface area contributed by atoms with Crippen LogP contribution in [0.5, 0.6) is 0 Å². The zero-order valence-corrected chi connectivity index (χ0v) is 16.4. The molecule has 0 aliphatic heterocycles. The molecular formula is C18H38N4O3. The van der Waals surface area contributed by atoms with Crippen LogP contribution in [-0.4, -0.2) is 90.3 Å². The fourth-order valence-corrected chi connectivity index (χ4v) is 2.47. The van der Waals surface area contributed by atoms with Crippen LogP contribution in [0.3, 0.4) is 0 Å². The number of hydrogen-bond donors (Lipinski definition) is 2. The topological polar surface area (TPSA) is 67.4 Å². The van der Waals surface area contributed by atoms with E-state index < -0.39 is 0 Å². The molecule has 1 fully saturated rings. The normalized spacial score (nSPS) is 15.0. The number of aliphatic imine (C=N–C) groups is 1. The van der Waals surface area contributed by atoms with Crippen LogP contribution in [0.25, 0.3) is 0 Å². The standard InChI is InChI=1S/C18H38N4O3/c1-4-5-12-24-15-16-25-13-9-21-18(19-2)20-8-10-22(11-14-23-3)17-6-7-17/h17H,4-16H2,1-3H3,(H2,19,20,21). The molecule has 1 rings (SSSR count). The van der Waals surface area contributed by atoms with Gasteiger partial charge >= 0.3 is 0 Å². The summed E-state index contributed by atoms with van der Waals surface area (Å²) < 4.78 is 16.2. The molecule has 25 heavy (non-hydrogen) atoms. The van der Waals surface area contributed by atoms with E-state index in [1.54, 1.807) is 14.2 Å². The van der Waals surface area contributed by atoms with Gasteiger partial charge in [0.15, 0.2) is 5.96 Å². The van der Waals surface area contributed by atoms with Gasteiger partial charge < -0.3 is 24.8 Å². The number of methoxy groups -OCH3 is 1. The first-order valence-corrected chi connectivity index (χ1v) is 9.64. The molecule has 1 saturated carbocycles. The number of unbranched alkanes of at least 4 members (excludes halogenated alkanes) is 1. The van der Waals surface area contributed by atoms with Crippen LogP contribution in [0.2, 0.25) is 0 Å². The second kappa shape index (κ2) is 15.4. The molecule has 1 aliphatic carbocycles. The minimum Gasteiger partial charge on any atom is -0.383 e. The molecule has 0 aromatic heterocycles. The van der Waals surface area contributed by atoms with E-state index in [2.05, 4.69) is 27.4 Å². The Balaban J connectivity index is 1.98. The average molecular weight is 359 g/mol. The van der Waals surface area contributed by atoms with Crippen molar-refractivity contribution in [3.05, 3.63) is 0 Å². The first-order valence-electron chi connectivity index (χ1n) is 9.64. The lowest BCUT2D eigenvalue weighted by Crippen LogP contribution is -2.43. The zero-order chi connectivity index (χ0) is 18.2. The molecule has 0 unspecified atom stereocenters. The molecule has 0 atom stereocenters. The highest BCUT2D eigenvalue weighted by Crippen LogP contribution is 2.25. The van der Waals surface area contributed by atoms with Crippen molar-refractivity contribution in [1.29, 1.82) is 0 Å². The van der Waals surface area contributed by atoms with E-state index in [1.165, 1.54) is 19.3 Å². The summed E-state index contributed by atoms with van der Waals surface area (Å²) in [5.41, 5.74) is 0. The monoisotopic (exact) mass is 358 g/mol. The molecular weight excluding hydrogens is 320 g/mol. The highest BCUT2D eigenvalue weighted by Gasteiger charge is 2.28. The fourth-order valence-electron chi connectivity index (χ4n) is 2.47. The van der Waals surface area contributed by atoms with E-state index in [9.17, 15) is 0 Å². The van der Waals surface area contributed by atoms with Gasteiger partial charge in [0.1, 0.15) is 0 Å². The summed E-state index contributed by atoms with van der Waals surface area (Å²) in [6.45, 7) is 9.40. The summed E-state index contributed by atoms with van der Waals surface area (Å²) in [6, 6.07) is 0.750. The van der Waals surface area contributed by atoms with Crippen molar-refractivity contribution in [1.82, 2.24) is 15.5 Å². The van der Waals surface area contributed by atoms with Crippen LogP contribution >= 0.6 is 0 Å². The fraction of sp³-hybridized carbons (Fsp3) is 0.944. The van der Waals surface area contributed by atoms with Crippen LogP contribution in [-0.2, 0) is 14.2 Å². The third-order valence-corrected chi connectivity index (χ3v) is 4.11. The van der Waals surface area contributed by atoms with E-state index in [0.29, 0.717) is 19.8 Å². The summed E-state index contributed by atoms with van der Waals surface area (Å²) in [4.78, 5) is 6.74. The first-order chi connectivity index (χ1) is 12.3. The van der Waals surface area contributed by atoms with Crippen molar-refractivity contribution in [2.45, 2.75) is 38.6 Å². The zero-order valence-electron chi connectivity index (χ0n) is 16.4. The van der Waals surface area contributed by atoms with Crippen molar-refractivity contribution < 1.29 is 14.2 Å². The van der Waals surface area contributed by atoms with Gasteiger partial charge in [-0.05, 0) is 19.3 Å². The number of guanidine groups is 1. The maximum absolute atomic E-state index is 5.54. The quantitative estimate of drug-likeness (QED) is 0.245. The molecule has 0 saturated heterocycles. The highest BCUT2D eigenvalue weighted by molar-refractivity contribution is 5.79. The van der Waals surface area contributed by atoms with Crippen LogP contribution in [0, 0.1) is 0 Å². The maximum Gasteiger partial charge on any atom is 0.191 e. The molecule has 0 bridgehead atoms. The van der Waals surface area contributed by atoms with Crippen LogP contribution < -0.4 is 10.6 Å². The third kappa shape index (κ3) is 12.2. The maximum atomic E-state index is 5.54. The summed E-state index contributed by atoms with van der Waals surface area (Å²) in [5, 5.41) is 6.63. The number of nitrogens with zero attached hydrogens (tertiary/aromatic N) is 2. The van der Waals surface area contributed by atoms with Gasteiger partial charge in [-0.2, -0.15) is 0 Å². The number of nitrogens with one attached hydrogen (secondary N) is 2. The SMILES string of the molecule is CCCCOCCOCCNC(=NC)NCCN(CCOC)C1CC1. The molecule has 0 amide bonds. The van der Waals surface area contributed by atoms with Gasteiger partial charge in [0.25, 0.3) is 0 Å². The smallest absolute Gasteiger partial charge is 0.191 e. The molecule has 7 nitrogen and oxygen atoms in total. The largest absolute Gasteiger partial charge is 0.383 e. The Bertz CT molecular complexity index is 338. The minimum atomic E-state index is 0.646. The average Bonchev–Trinajstić information content (AvgIpc) is 3.46. The van der Waals surface area contributed by atoms with Crippen molar-refractivity contribution in [3.63, 3.8) is 0 Å². The van der Waals surface area contributed by atoms with Crippen LogP contribution in [0.4, 0.5) is 0 Å². The molecule has 148 valence electrons. The second-order valence-electron chi connectivity index (χ2n) is 6.26. The van der Waals surface area contributed by atoms with Crippen molar-refractivity contribution in [3.8, 4) is 0 Å². The van der Waals surface area contributed by atoms with Crippen molar-refractivity contribution in [2.24, 2.45) is 4.99 Å². The second-order valence-corrected chi connectivity index (χ2v) is 6.26. The Labute approximate surface area is 153 Å². The van der Waals surface area contributed by atoms with E-state index >= 15 is 0 Å². The molecule has 7 heteroatoms. The first kappa shape index (κ1) is 22.2. The number of rotatable bonds is 16. The Kier molecular flexibility index (Phi) is 13.6. The summed E-state index contributed by atoms with van der Waals surface area (Å²) in [6.07, 6.45) is 4.92. The third-order valence-electron chi connectivity index (χ3n) is 4.11. The summed E-state index contributed by atoms with van der Waals surface area (Å²) in [5.74, 6) is 0.824. The molecule has 1 aliphatic rings. The molecule has 0 heterocycles. The van der Waals surface area contributed by atoms with Gasteiger partial charge in [0, 0.05) is 53.0 Å². The Hall–Kier alpha value is -0.890. The highest BCUT2D eigenvalue weighted by atomic mass is 16.5. The number of ether oxygens (including phenoxy) is 3. The predicted molar refractivity (Wildman–Crippen MR) is 102 cm³/mol. The summed E-state index contributed by atoms with van der Waals surface area (Å²) in [7, 11) is 3.55. The van der Waals surface area contributed by atoms with E-state index in [-0.39, 0.29) is 0 Å². The summed E-state index contributed by atoms with van der Waals surface area (Å²) >= 11 is 0. The molecule has 2 N–H and O–H groups in total. The lowest BCUT2D eigenvalue weighted by molar-refractivity contribution is 0.0487. The lowest BCUT2D eigenvalue weighted by Gasteiger charge is -2.22. The molecule has 0 radical (unpaired) electrons. The number of hydrogen-bond acceptors (Lipinski definition) is 5. The molecule has 0 aromatic rings. The van der Waals surface area contributed by atoms with Gasteiger partial charge in [0.2, 0.25) is 0 Å². The van der Waals surface area contributed by atoms with E-state index in [0.717, 1.165) is 57.8 Å². The lowest BCUT2D eigenvalue weighted by atomic mass is 10.4. The Morgan fingerprint density at radius 3 is 2.36 bits per heavy atom. The van der Waals surface area contributed by atoms with Crippen LogP contribution in [0.15, 0.2) is 4.99 Å². The van der Waals surface area contributed by atoms with E-state index in [4.69, 9.17) is 14.2 Å². The van der Waals surface area contributed by atoms with Gasteiger partial charge in [-0.15, -0.1) is 0 Å². The van der Waals surface area contributed by atoms with Crippen molar-refractivity contribution in [2.75, 3.05) is 73.4 Å². The van der Waals surface area contributed by atoms with Crippen LogP contribution in [0.1, 0.15) is 32.6 Å². The predicted octanol–water partition coefficient (Wildman–Crippen LogP) is 1.10.